The third-order valence-electron chi connectivity index (χ3n) is 2.97. The van der Waals surface area contributed by atoms with Gasteiger partial charge in [-0.15, -0.1) is 0 Å². The average molecular weight is 319 g/mol. The van der Waals surface area contributed by atoms with E-state index in [4.69, 9.17) is 11.6 Å². The van der Waals surface area contributed by atoms with Gasteiger partial charge in [0.25, 0.3) is 0 Å². The smallest absolute Gasteiger partial charge is 0.326 e. The maximum absolute atomic E-state index is 11.9. The second-order valence-electron chi connectivity index (χ2n) is 4.69. The number of anilines is 1. The highest BCUT2D eigenvalue weighted by atomic mass is 35.5. The van der Waals surface area contributed by atoms with Crippen molar-refractivity contribution in [3.63, 3.8) is 0 Å². The van der Waals surface area contributed by atoms with Crippen LogP contribution < -0.4 is 10.6 Å². The lowest BCUT2D eigenvalue weighted by molar-refractivity contribution is -0.139. The molecule has 0 fully saturated rings. The van der Waals surface area contributed by atoms with E-state index in [9.17, 15) is 14.7 Å². The molecule has 0 aromatic heterocycles. The molecule has 2 rings (SSSR count). The van der Waals surface area contributed by atoms with Crippen LogP contribution in [0.5, 0.6) is 0 Å². The Balaban J connectivity index is 1.98. The second kappa shape index (κ2) is 7.47. The largest absolute Gasteiger partial charge is 0.480 e. The van der Waals surface area contributed by atoms with Gasteiger partial charge in [-0.1, -0.05) is 48.0 Å². The number of carboxylic acids is 1. The summed E-state index contributed by atoms with van der Waals surface area (Å²) in [7, 11) is 0. The number of carbonyl (C=O) groups is 2. The van der Waals surface area contributed by atoms with Crippen molar-refractivity contribution >= 4 is 29.3 Å². The second-order valence-corrected chi connectivity index (χ2v) is 5.13. The first-order chi connectivity index (χ1) is 10.5. The van der Waals surface area contributed by atoms with Crippen molar-refractivity contribution in [2.45, 2.75) is 12.5 Å². The highest BCUT2D eigenvalue weighted by Crippen LogP contribution is 2.14. The Labute approximate surface area is 132 Å². The molecular weight excluding hydrogens is 304 g/mol. The lowest BCUT2D eigenvalue weighted by Crippen LogP contribution is -2.44. The summed E-state index contributed by atoms with van der Waals surface area (Å²) in [5.74, 6) is -1.09. The first-order valence-electron chi connectivity index (χ1n) is 6.64. The summed E-state index contributed by atoms with van der Waals surface area (Å²) in [4.78, 5) is 23.2. The van der Waals surface area contributed by atoms with Crippen LogP contribution in [-0.2, 0) is 11.2 Å². The van der Waals surface area contributed by atoms with Gasteiger partial charge in [-0.2, -0.15) is 0 Å². The molecule has 0 heterocycles. The summed E-state index contributed by atoms with van der Waals surface area (Å²) in [5, 5.41) is 14.7. The molecule has 3 N–H and O–H groups in total. The lowest BCUT2D eigenvalue weighted by Gasteiger charge is -2.15. The number of carbonyl (C=O) groups excluding carboxylic acids is 1. The summed E-state index contributed by atoms with van der Waals surface area (Å²) in [6.45, 7) is 0. The third-order valence-corrected chi connectivity index (χ3v) is 3.20. The fourth-order valence-corrected chi connectivity index (χ4v) is 2.13. The van der Waals surface area contributed by atoms with Crippen LogP contribution in [0.15, 0.2) is 54.6 Å². The molecule has 1 atom stereocenters. The van der Waals surface area contributed by atoms with Crippen molar-refractivity contribution in [2.24, 2.45) is 0 Å². The van der Waals surface area contributed by atoms with Crippen molar-refractivity contribution in [2.75, 3.05) is 5.32 Å². The average Bonchev–Trinajstić information content (AvgIpc) is 2.47. The number of urea groups is 1. The first-order valence-corrected chi connectivity index (χ1v) is 7.02. The van der Waals surface area contributed by atoms with E-state index in [1.807, 2.05) is 30.3 Å². The highest BCUT2D eigenvalue weighted by Gasteiger charge is 2.20. The number of amides is 2. The van der Waals surface area contributed by atoms with Crippen LogP contribution in [0.4, 0.5) is 10.5 Å². The number of hydrogen-bond acceptors (Lipinski definition) is 2. The normalized spacial score (nSPS) is 11.5. The molecule has 0 aliphatic carbocycles. The molecule has 22 heavy (non-hydrogen) atoms. The summed E-state index contributed by atoms with van der Waals surface area (Å²) >= 11 is 5.83. The summed E-state index contributed by atoms with van der Waals surface area (Å²) < 4.78 is 0. The number of rotatable bonds is 5. The van der Waals surface area contributed by atoms with Crippen LogP contribution >= 0.6 is 11.6 Å². The summed E-state index contributed by atoms with van der Waals surface area (Å²) in [5.41, 5.74) is 1.33. The van der Waals surface area contributed by atoms with Crippen LogP contribution in [0.3, 0.4) is 0 Å². The predicted molar refractivity (Wildman–Crippen MR) is 85.2 cm³/mol. The van der Waals surface area contributed by atoms with E-state index in [0.717, 1.165) is 5.56 Å². The van der Waals surface area contributed by atoms with E-state index in [1.165, 1.54) is 0 Å². The SMILES string of the molecule is O=C(Nc1cccc(Cl)c1)N[C@@H](Cc1ccccc1)C(=O)O. The minimum absolute atomic E-state index is 0.207. The van der Waals surface area contributed by atoms with Gasteiger partial charge >= 0.3 is 12.0 Å². The Morgan fingerprint density at radius 1 is 1.09 bits per heavy atom. The summed E-state index contributed by atoms with van der Waals surface area (Å²) in [6, 6.07) is 14.1. The van der Waals surface area contributed by atoms with Crippen molar-refractivity contribution in [3.05, 3.63) is 65.2 Å². The molecule has 0 aliphatic heterocycles. The number of hydrogen-bond donors (Lipinski definition) is 3. The maximum atomic E-state index is 11.9. The monoisotopic (exact) mass is 318 g/mol. The minimum atomic E-state index is -1.09. The van der Waals surface area contributed by atoms with Crippen molar-refractivity contribution < 1.29 is 14.7 Å². The third kappa shape index (κ3) is 4.79. The fraction of sp³-hybridized carbons (Fsp3) is 0.125. The standard InChI is InChI=1S/C16H15ClN2O3/c17-12-7-4-8-13(10-12)18-16(22)19-14(15(20)21)9-11-5-2-1-3-6-11/h1-8,10,14H,9H2,(H,20,21)(H2,18,19,22)/t14-/m0/s1. The molecule has 0 radical (unpaired) electrons. The molecule has 6 heteroatoms. The summed E-state index contributed by atoms with van der Waals surface area (Å²) in [6.07, 6.45) is 0.207. The molecule has 0 aliphatic rings. The highest BCUT2D eigenvalue weighted by molar-refractivity contribution is 6.30. The molecule has 0 saturated heterocycles. The number of benzene rings is 2. The van der Waals surface area contributed by atoms with Gasteiger partial charge in [0, 0.05) is 17.1 Å². The maximum Gasteiger partial charge on any atom is 0.326 e. The zero-order valence-corrected chi connectivity index (χ0v) is 12.4. The topological polar surface area (TPSA) is 78.4 Å². The van der Waals surface area contributed by atoms with Gasteiger partial charge in [-0.05, 0) is 23.8 Å². The van der Waals surface area contributed by atoms with Crippen LogP contribution in [-0.4, -0.2) is 23.1 Å². The molecule has 0 spiro atoms. The van der Waals surface area contributed by atoms with Gasteiger partial charge in [-0.3, -0.25) is 0 Å². The number of nitrogens with one attached hydrogen (secondary N) is 2. The molecule has 5 nitrogen and oxygen atoms in total. The van der Waals surface area contributed by atoms with E-state index in [0.29, 0.717) is 10.7 Å². The molecule has 2 aromatic rings. The molecule has 0 bridgehead atoms. The molecule has 2 amide bonds. The van der Waals surface area contributed by atoms with Gasteiger partial charge in [0.1, 0.15) is 6.04 Å². The molecule has 114 valence electrons. The Morgan fingerprint density at radius 2 is 1.82 bits per heavy atom. The number of halogens is 1. The van der Waals surface area contributed by atoms with Gasteiger partial charge < -0.3 is 15.7 Å². The zero-order chi connectivity index (χ0) is 15.9. The lowest BCUT2D eigenvalue weighted by atomic mass is 10.1. The van der Waals surface area contributed by atoms with E-state index in [-0.39, 0.29) is 6.42 Å². The zero-order valence-electron chi connectivity index (χ0n) is 11.6. The molecule has 0 saturated carbocycles. The number of aliphatic carboxylic acids is 1. The number of carboxylic acid groups (broad SMARTS) is 1. The van der Waals surface area contributed by atoms with Gasteiger partial charge in [-0.25, -0.2) is 9.59 Å². The molecular formula is C16H15ClN2O3. The van der Waals surface area contributed by atoms with Gasteiger partial charge in [0.15, 0.2) is 0 Å². The van der Waals surface area contributed by atoms with Crippen molar-refractivity contribution in [3.8, 4) is 0 Å². The quantitative estimate of drug-likeness (QED) is 0.792. The minimum Gasteiger partial charge on any atom is -0.480 e. The molecule has 2 aromatic carbocycles. The van der Waals surface area contributed by atoms with E-state index < -0.39 is 18.0 Å². The predicted octanol–water partition coefficient (Wildman–Crippen LogP) is 3.16. The van der Waals surface area contributed by atoms with Crippen LogP contribution in [0, 0.1) is 0 Å². The first kappa shape index (κ1) is 15.9. The van der Waals surface area contributed by atoms with Crippen LogP contribution in [0.1, 0.15) is 5.56 Å². The van der Waals surface area contributed by atoms with E-state index >= 15 is 0 Å². The Morgan fingerprint density at radius 3 is 2.45 bits per heavy atom. The van der Waals surface area contributed by atoms with Crippen LogP contribution in [0.2, 0.25) is 5.02 Å². The fourth-order valence-electron chi connectivity index (χ4n) is 1.94. The Kier molecular flexibility index (Phi) is 5.38. The molecule has 0 unspecified atom stereocenters. The van der Waals surface area contributed by atoms with Crippen molar-refractivity contribution in [1.29, 1.82) is 0 Å². The van der Waals surface area contributed by atoms with E-state index in [1.54, 1.807) is 24.3 Å². The Hall–Kier alpha value is -2.53. The van der Waals surface area contributed by atoms with Gasteiger partial charge in [0.05, 0.1) is 0 Å². The Bertz CT molecular complexity index is 661. The van der Waals surface area contributed by atoms with Crippen LogP contribution in [0.25, 0.3) is 0 Å². The van der Waals surface area contributed by atoms with E-state index in [2.05, 4.69) is 10.6 Å². The van der Waals surface area contributed by atoms with Gasteiger partial charge in [0.2, 0.25) is 0 Å². The van der Waals surface area contributed by atoms with Crippen molar-refractivity contribution in [1.82, 2.24) is 5.32 Å².